The van der Waals surface area contributed by atoms with E-state index in [0.717, 1.165) is 12.8 Å². The number of ether oxygens (including phenoxy) is 1. The van der Waals surface area contributed by atoms with Gasteiger partial charge in [-0.25, -0.2) is 0 Å². The first-order valence-corrected chi connectivity index (χ1v) is 4.82. The average molecular weight is 193 g/mol. The van der Waals surface area contributed by atoms with E-state index in [2.05, 4.69) is 19.4 Å². The van der Waals surface area contributed by atoms with E-state index in [1.165, 1.54) is 7.11 Å². The lowest BCUT2D eigenvalue weighted by Crippen LogP contribution is -2.25. The van der Waals surface area contributed by atoms with Gasteiger partial charge in [0.05, 0.1) is 19.1 Å². The standard InChI is InChI=1S/C11H15NO2/c1-3-8-4-5-9(6-7-12)10(8)11(13)14-2/h5,8-10H,1,3-4,6H2,2H3. The predicted octanol–water partition coefficient (Wildman–Crippen LogP) is 1.75. The quantitative estimate of drug-likeness (QED) is 0.641. The van der Waals surface area contributed by atoms with Gasteiger partial charge in [0.15, 0.2) is 0 Å². The highest BCUT2D eigenvalue weighted by Gasteiger charge is 2.40. The van der Waals surface area contributed by atoms with E-state index in [1.807, 2.05) is 0 Å². The van der Waals surface area contributed by atoms with Crippen LogP contribution in [0.2, 0.25) is 0 Å². The third kappa shape index (κ3) is 2.06. The molecule has 0 aromatic carbocycles. The molecule has 0 aliphatic heterocycles. The fourth-order valence-corrected chi connectivity index (χ4v) is 2.11. The average Bonchev–Trinajstić information content (AvgIpc) is 2.60. The predicted molar refractivity (Wildman–Crippen MR) is 51.6 cm³/mol. The van der Waals surface area contributed by atoms with Crippen molar-refractivity contribution in [2.24, 2.45) is 17.8 Å². The van der Waals surface area contributed by atoms with E-state index in [9.17, 15) is 4.79 Å². The van der Waals surface area contributed by atoms with Crippen LogP contribution in [-0.4, -0.2) is 13.1 Å². The van der Waals surface area contributed by atoms with Crippen LogP contribution in [0, 0.1) is 42.4 Å². The Morgan fingerprint density at radius 1 is 1.79 bits per heavy atom. The minimum Gasteiger partial charge on any atom is -0.469 e. The number of methoxy groups -OCH3 is 1. The van der Waals surface area contributed by atoms with Gasteiger partial charge in [-0.1, -0.05) is 6.92 Å². The van der Waals surface area contributed by atoms with Crippen molar-refractivity contribution in [1.29, 1.82) is 5.26 Å². The van der Waals surface area contributed by atoms with Gasteiger partial charge in [-0.05, 0) is 31.1 Å². The summed E-state index contributed by atoms with van der Waals surface area (Å²) in [4.78, 5) is 11.5. The molecule has 1 aliphatic carbocycles. The molecule has 0 aromatic heterocycles. The molecule has 0 aromatic rings. The molecular weight excluding hydrogens is 178 g/mol. The van der Waals surface area contributed by atoms with E-state index in [1.54, 1.807) is 0 Å². The van der Waals surface area contributed by atoms with Gasteiger partial charge >= 0.3 is 5.97 Å². The Morgan fingerprint density at radius 2 is 2.50 bits per heavy atom. The van der Waals surface area contributed by atoms with E-state index in [-0.39, 0.29) is 23.7 Å². The third-order valence-electron chi connectivity index (χ3n) is 2.88. The van der Waals surface area contributed by atoms with Crippen molar-refractivity contribution in [2.75, 3.05) is 7.11 Å². The number of carbonyl (C=O) groups is 1. The third-order valence-corrected chi connectivity index (χ3v) is 2.88. The molecule has 0 N–H and O–H groups in total. The lowest BCUT2D eigenvalue weighted by molar-refractivity contribution is -0.148. The van der Waals surface area contributed by atoms with Crippen LogP contribution >= 0.6 is 0 Å². The van der Waals surface area contributed by atoms with Crippen molar-refractivity contribution in [1.82, 2.24) is 0 Å². The molecule has 0 spiro atoms. The monoisotopic (exact) mass is 193 g/mol. The highest BCUT2D eigenvalue weighted by atomic mass is 16.5. The van der Waals surface area contributed by atoms with Gasteiger partial charge in [-0.15, -0.1) is 0 Å². The molecule has 0 bridgehead atoms. The number of esters is 1. The van der Waals surface area contributed by atoms with Crippen LogP contribution in [0.4, 0.5) is 0 Å². The van der Waals surface area contributed by atoms with Crippen molar-refractivity contribution in [3.63, 3.8) is 0 Å². The fourth-order valence-electron chi connectivity index (χ4n) is 2.11. The summed E-state index contributed by atoms with van der Waals surface area (Å²) < 4.78 is 4.75. The molecule has 1 fully saturated rings. The second-order valence-corrected chi connectivity index (χ2v) is 3.60. The van der Waals surface area contributed by atoms with Gasteiger partial charge in [0.1, 0.15) is 0 Å². The summed E-state index contributed by atoms with van der Waals surface area (Å²) in [5, 5.41) is 8.62. The Morgan fingerprint density at radius 3 is 3.00 bits per heavy atom. The summed E-state index contributed by atoms with van der Waals surface area (Å²) in [7, 11) is 1.39. The van der Waals surface area contributed by atoms with Crippen molar-refractivity contribution in [2.45, 2.75) is 19.3 Å². The Labute approximate surface area is 85.1 Å². The Kier molecular flexibility index (Phi) is 3.94. The number of carbonyl (C=O) groups excluding carboxylic acids is 1. The summed E-state index contributed by atoms with van der Waals surface area (Å²) >= 11 is 0. The minimum absolute atomic E-state index is 0.0548. The lowest BCUT2D eigenvalue weighted by atomic mass is 9.86. The minimum atomic E-state index is -0.201. The highest BCUT2D eigenvalue weighted by Crippen LogP contribution is 2.40. The number of nitrogens with zero attached hydrogens (tertiary/aromatic N) is 1. The van der Waals surface area contributed by atoms with Gasteiger partial charge in [0.25, 0.3) is 0 Å². The molecule has 0 saturated heterocycles. The van der Waals surface area contributed by atoms with E-state index in [0.29, 0.717) is 6.42 Å². The van der Waals surface area contributed by atoms with Crippen LogP contribution in [-0.2, 0) is 9.53 Å². The van der Waals surface area contributed by atoms with Crippen LogP contribution in [0.25, 0.3) is 0 Å². The first kappa shape index (κ1) is 11.0. The van der Waals surface area contributed by atoms with Crippen LogP contribution in [0.3, 0.4) is 0 Å². The SMILES string of the molecule is [CH2]CC1C[CH]C(CC#N)C1C(=O)OC. The van der Waals surface area contributed by atoms with Crippen LogP contribution in [0.15, 0.2) is 0 Å². The van der Waals surface area contributed by atoms with Crippen molar-refractivity contribution >= 4 is 5.97 Å². The van der Waals surface area contributed by atoms with Crippen LogP contribution < -0.4 is 0 Å². The largest absolute Gasteiger partial charge is 0.469 e. The van der Waals surface area contributed by atoms with E-state index >= 15 is 0 Å². The smallest absolute Gasteiger partial charge is 0.309 e. The molecule has 3 atom stereocenters. The molecule has 0 heterocycles. The summed E-state index contributed by atoms with van der Waals surface area (Å²) in [6.45, 7) is 3.82. The number of nitriles is 1. The number of hydrogen-bond acceptors (Lipinski definition) is 3. The van der Waals surface area contributed by atoms with Gasteiger partial charge < -0.3 is 4.74 Å². The Balaban J connectivity index is 2.70. The second kappa shape index (κ2) is 4.99. The molecule has 1 aliphatic rings. The maximum Gasteiger partial charge on any atom is 0.309 e. The van der Waals surface area contributed by atoms with Crippen molar-refractivity contribution < 1.29 is 9.53 Å². The second-order valence-electron chi connectivity index (χ2n) is 3.60. The highest BCUT2D eigenvalue weighted by molar-refractivity contribution is 5.73. The van der Waals surface area contributed by atoms with Crippen LogP contribution in [0.1, 0.15) is 19.3 Å². The summed E-state index contributed by atoms with van der Waals surface area (Å²) in [6.07, 6.45) is 4.05. The van der Waals surface area contributed by atoms with Gasteiger partial charge in [-0.2, -0.15) is 5.26 Å². The molecule has 1 rings (SSSR count). The molecule has 14 heavy (non-hydrogen) atoms. The van der Waals surface area contributed by atoms with Gasteiger partial charge in [0.2, 0.25) is 0 Å². The molecule has 3 unspecified atom stereocenters. The summed E-state index contributed by atoms with van der Waals surface area (Å²) in [6, 6.07) is 2.10. The molecule has 2 radical (unpaired) electrons. The van der Waals surface area contributed by atoms with Crippen molar-refractivity contribution in [3.8, 4) is 6.07 Å². The molecule has 76 valence electrons. The molecule has 3 nitrogen and oxygen atoms in total. The molecule has 0 amide bonds. The Hall–Kier alpha value is -1.04. The molecule has 3 heteroatoms. The number of hydrogen-bond donors (Lipinski definition) is 0. The summed E-state index contributed by atoms with van der Waals surface area (Å²) in [5.41, 5.74) is 0. The summed E-state index contributed by atoms with van der Waals surface area (Å²) in [5.74, 6) is -0.0511. The molecular formula is C11H15NO2. The zero-order chi connectivity index (χ0) is 10.6. The zero-order valence-electron chi connectivity index (χ0n) is 8.40. The first-order chi connectivity index (χ1) is 6.74. The maximum atomic E-state index is 11.5. The normalized spacial score (nSPS) is 31.1. The maximum absolute atomic E-state index is 11.5. The topological polar surface area (TPSA) is 50.1 Å². The fraction of sp³-hybridized carbons (Fsp3) is 0.636. The van der Waals surface area contributed by atoms with E-state index < -0.39 is 0 Å². The van der Waals surface area contributed by atoms with Crippen molar-refractivity contribution in [3.05, 3.63) is 13.3 Å². The van der Waals surface area contributed by atoms with Gasteiger partial charge in [0, 0.05) is 6.42 Å². The zero-order valence-corrected chi connectivity index (χ0v) is 8.40. The van der Waals surface area contributed by atoms with Crippen LogP contribution in [0.5, 0.6) is 0 Å². The first-order valence-electron chi connectivity index (χ1n) is 4.82. The van der Waals surface area contributed by atoms with Gasteiger partial charge in [-0.3, -0.25) is 4.79 Å². The Bertz CT molecular complexity index is 244. The van der Waals surface area contributed by atoms with E-state index in [4.69, 9.17) is 10.00 Å². The number of rotatable bonds is 3. The lowest BCUT2D eigenvalue weighted by Gasteiger charge is -2.19. The molecule has 1 saturated carbocycles.